The number of carbonyl (C=O) groups is 1. The van der Waals surface area contributed by atoms with Crippen molar-refractivity contribution < 1.29 is 9.90 Å². The Labute approximate surface area is 270 Å². The summed E-state index contributed by atoms with van der Waals surface area (Å²) in [7, 11) is 0. The molecule has 0 radical (unpaired) electrons. The van der Waals surface area contributed by atoms with Crippen LogP contribution in [0.5, 0.6) is 0 Å². The lowest BCUT2D eigenvalue weighted by Crippen LogP contribution is -2.53. The third-order valence-corrected chi connectivity index (χ3v) is 11.7. The van der Waals surface area contributed by atoms with E-state index in [0.717, 1.165) is 81.2 Å². The highest BCUT2D eigenvalue weighted by Gasteiger charge is 2.45. The van der Waals surface area contributed by atoms with Gasteiger partial charge in [0.15, 0.2) is 0 Å². The molecule has 5 aliphatic rings. The zero-order valence-electron chi connectivity index (χ0n) is 27.3. The molecule has 4 unspecified atom stereocenters. The average molecular weight is 610 g/mol. The minimum atomic E-state index is -0.283. The van der Waals surface area contributed by atoms with Crippen LogP contribution in [0.4, 0.5) is 11.4 Å². The molecule has 234 valence electrons. The van der Waals surface area contributed by atoms with Gasteiger partial charge in [-0.15, -0.1) is 0 Å². The Balaban J connectivity index is 1.23. The van der Waals surface area contributed by atoms with Crippen LogP contribution in [0, 0.1) is 23.7 Å². The van der Waals surface area contributed by atoms with Crippen molar-refractivity contribution in [2.24, 2.45) is 28.7 Å². The van der Waals surface area contributed by atoms with E-state index < -0.39 is 0 Å². The number of aliphatic hydroxyl groups is 1. The van der Waals surface area contributed by atoms with Gasteiger partial charge < -0.3 is 15.7 Å². The third-order valence-electron chi connectivity index (χ3n) is 11.7. The molecule has 0 aromatic heterocycles. The second-order valence-electron chi connectivity index (χ2n) is 15.8. The molecule has 2 fully saturated rings. The number of allylic oxidation sites excluding steroid dienone is 2. The van der Waals surface area contributed by atoms with E-state index in [-0.39, 0.29) is 22.7 Å². The topological polar surface area (TPSA) is 73.7 Å². The number of ketones is 1. The fourth-order valence-corrected chi connectivity index (χ4v) is 10.6. The van der Waals surface area contributed by atoms with Gasteiger partial charge in [-0.25, -0.2) is 0 Å². The normalized spacial score (nSPS) is 32.7. The zero-order valence-corrected chi connectivity index (χ0v) is 27.3. The molecular formula is C41H43N3O2. The number of rotatable bonds is 1. The van der Waals surface area contributed by atoms with Crippen LogP contribution in [0.3, 0.4) is 0 Å². The number of nitrogens with one attached hydrogen (secondary N) is 2. The number of hydrogen-bond donors (Lipinski definition) is 3. The Morgan fingerprint density at radius 2 is 1.39 bits per heavy atom. The molecule has 4 atom stereocenters. The molecule has 5 heteroatoms. The van der Waals surface area contributed by atoms with Crippen LogP contribution < -0.4 is 21.2 Å². The molecule has 3 aliphatic carbocycles. The van der Waals surface area contributed by atoms with Crippen LogP contribution in [-0.4, -0.2) is 22.1 Å². The number of hydrogen-bond acceptors (Lipinski definition) is 5. The maximum atomic E-state index is 14.4. The van der Waals surface area contributed by atoms with Gasteiger partial charge >= 0.3 is 0 Å². The summed E-state index contributed by atoms with van der Waals surface area (Å²) in [5, 5.41) is 26.1. The molecule has 2 heterocycles. The van der Waals surface area contributed by atoms with Crippen molar-refractivity contribution in [2.75, 3.05) is 10.6 Å². The van der Waals surface area contributed by atoms with Crippen molar-refractivity contribution in [1.82, 2.24) is 0 Å². The van der Waals surface area contributed by atoms with Crippen molar-refractivity contribution in [1.29, 1.82) is 0 Å². The van der Waals surface area contributed by atoms with Gasteiger partial charge in [0.1, 0.15) is 11.4 Å². The van der Waals surface area contributed by atoms with Gasteiger partial charge in [-0.1, -0.05) is 76.2 Å². The van der Waals surface area contributed by atoms with Crippen molar-refractivity contribution in [3.05, 3.63) is 88.1 Å². The highest BCUT2D eigenvalue weighted by Crippen LogP contribution is 2.50. The van der Waals surface area contributed by atoms with Crippen LogP contribution in [0.15, 0.2) is 71.4 Å². The standard InChI is InChI=1S/C41H43N3O2/c1-22-15-23(2)18-40(17-22)21-30-28(13-11-26-7-5-9-31(42-40)33(26)30)35-38(45)36(39(35)46)29-14-12-27-8-6-10-32-34(27)37(29)44-41(43-32)19-24(3)16-25(4)20-41/h5-14,22-25,43-45H,15-21H2,1-4H3/b35-28-. The van der Waals surface area contributed by atoms with Gasteiger partial charge in [0.2, 0.25) is 5.78 Å². The monoisotopic (exact) mass is 609 g/mol. The quantitative estimate of drug-likeness (QED) is 0.204. The lowest BCUT2D eigenvalue weighted by atomic mass is 9.67. The second kappa shape index (κ2) is 9.70. The number of benzene rings is 4. The highest BCUT2D eigenvalue weighted by molar-refractivity contribution is 6.52. The third kappa shape index (κ3) is 4.06. The van der Waals surface area contributed by atoms with Crippen molar-refractivity contribution >= 4 is 49.8 Å². The van der Waals surface area contributed by atoms with E-state index in [1.165, 1.54) is 18.4 Å². The predicted molar refractivity (Wildman–Crippen MR) is 187 cm³/mol. The molecule has 2 saturated carbocycles. The van der Waals surface area contributed by atoms with Crippen LogP contribution in [0.2, 0.25) is 0 Å². The minimum absolute atomic E-state index is 0.0691. The molecule has 0 amide bonds. The van der Waals surface area contributed by atoms with Crippen LogP contribution >= 0.6 is 0 Å². The Bertz CT molecular complexity index is 2140. The summed E-state index contributed by atoms with van der Waals surface area (Å²) in [5.41, 5.74) is 4.48. The number of anilines is 2. The molecule has 0 saturated heterocycles. The van der Waals surface area contributed by atoms with E-state index in [1.807, 2.05) is 6.07 Å². The molecule has 3 N–H and O–H groups in total. The first-order chi connectivity index (χ1) is 22.1. The van der Waals surface area contributed by atoms with E-state index in [0.29, 0.717) is 34.8 Å². The number of carbonyl (C=O) groups excluding carboxylic acids is 1. The number of aliphatic hydroxyl groups excluding tert-OH is 1. The number of nitrogens with zero attached hydrogens (tertiary/aromatic N) is 1. The predicted octanol–water partition coefficient (Wildman–Crippen LogP) is 8.06. The van der Waals surface area contributed by atoms with Gasteiger partial charge in [0.05, 0.1) is 27.7 Å². The summed E-state index contributed by atoms with van der Waals surface area (Å²) in [6.45, 7) is 9.37. The van der Waals surface area contributed by atoms with Gasteiger partial charge in [0.25, 0.3) is 0 Å². The first kappa shape index (κ1) is 28.1. The van der Waals surface area contributed by atoms with Gasteiger partial charge in [-0.2, -0.15) is 0 Å². The van der Waals surface area contributed by atoms with Crippen LogP contribution in [0.1, 0.15) is 77.3 Å². The Morgan fingerprint density at radius 3 is 2.11 bits per heavy atom. The SMILES string of the molecule is CC1CC(C)CC2(Cc3/c(=C4\C(=O)C(c5ccc6cccc7c6c5NC5(CC(C)CC(C)C5)N7)=C4O)ccc4cccc(c34)=N2)C1. The first-order valence-electron chi connectivity index (χ1n) is 17.4. The summed E-state index contributed by atoms with van der Waals surface area (Å²) >= 11 is 0. The Kier molecular flexibility index (Phi) is 5.93. The van der Waals surface area contributed by atoms with Gasteiger partial charge in [-0.3, -0.25) is 9.79 Å². The van der Waals surface area contributed by atoms with E-state index in [1.54, 1.807) is 0 Å². The smallest absolute Gasteiger partial charge is 0.201 e. The molecule has 9 rings (SSSR count). The molecule has 2 spiro atoms. The molecule has 4 aromatic carbocycles. The summed E-state index contributed by atoms with van der Waals surface area (Å²) in [5.74, 6) is 2.42. The zero-order chi connectivity index (χ0) is 31.5. The first-order valence-corrected chi connectivity index (χ1v) is 17.4. The van der Waals surface area contributed by atoms with Crippen LogP contribution in [0.25, 0.3) is 32.7 Å². The Hall–Kier alpha value is -4.12. The molecule has 2 aliphatic heterocycles. The van der Waals surface area contributed by atoms with E-state index in [4.69, 9.17) is 4.99 Å². The Morgan fingerprint density at radius 1 is 0.739 bits per heavy atom. The molecular weight excluding hydrogens is 566 g/mol. The average Bonchev–Trinajstić information content (AvgIpc) is 2.98. The molecule has 4 aromatic rings. The molecule has 5 nitrogen and oxygen atoms in total. The lowest BCUT2D eigenvalue weighted by Gasteiger charge is -2.48. The van der Waals surface area contributed by atoms with E-state index in [9.17, 15) is 9.90 Å². The fraction of sp³-hybridized carbons (Fsp3) is 0.415. The lowest BCUT2D eigenvalue weighted by molar-refractivity contribution is -0.109. The van der Waals surface area contributed by atoms with E-state index >= 15 is 0 Å². The van der Waals surface area contributed by atoms with Crippen LogP contribution in [-0.2, 0) is 11.2 Å². The second-order valence-corrected chi connectivity index (χ2v) is 15.8. The molecule has 0 bridgehead atoms. The van der Waals surface area contributed by atoms with Gasteiger partial charge in [0, 0.05) is 22.0 Å². The van der Waals surface area contributed by atoms with E-state index in [2.05, 4.69) is 92.9 Å². The fourth-order valence-electron chi connectivity index (χ4n) is 10.6. The maximum absolute atomic E-state index is 14.4. The summed E-state index contributed by atoms with van der Waals surface area (Å²) in [4.78, 5) is 19.8. The maximum Gasteiger partial charge on any atom is 0.201 e. The van der Waals surface area contributed by atoms with Crippen molar-refractivity contribution in [3.8, 4) is 0 Å². The summed E-state index contributed by atoms with van der Waals surface area (Å²) in [6.07, 6.45) is 7.38. The highest BCUT2D eigenvalue weighted by atomic mass is 16.3. The largest absolute Gasteiger partial charge is 0.506 e. The van der Waals surface area contributed by atoms with Crippen molar-refractivity contribution in [3.63, 3.8) is 0 Å². The van der Waals surface area contributed by atoms with Gasteiger partial charge in [-0.05, 0) is 102 Å². The van der Waals surface area contributed by atoms with Crippen molar-refractivity contribution in [2.45, 2.75) is 83.8 Å². The molecule has 46 heavy (non-hydrogen) atoms. The summed E-state index contributed by atoms with van der Waals surface area (Å²) < 4.78 is 0. The summed E-state index contributed by atoms with van der Waals surface area (Å²) in [6, 6.07) is 21.0. The minimum Gasteiger partial charge on any atom is -0.506 e. The number of Topliss-reactive ketones (excluding diaryl/α,β-unsaturated/α-hetero) is 1.